The zero-order valence-corrected chi connectivity index (χ0v) is 20.0. The van der Waals surface area contributed by atoms with Gasteiger partial charge in [-0.3, -0.25) is 0 Å². The first kappa shape index (κ1) is 22.0. The van der Waals surface area contributed by atoms with Crippen LogP contribution in [0.3, 0.4) is 0 Å². The van der Waals surface area contributed by atoms with Gasteiger partial charge in [0.2, 0.25) is 0 Å². The van der Waals surface area contributed by atoms with Gasteiger partial charge in [-0.15, -0.1) is 0 Å². The van der Waals surface area contributed by atoms with Crippen LogP contribution in [0.4, 0.5) is 4.39 Å². The maximum absolute atomic E-state index is 14.3. The van der Waals surface area contributed by atoms with Crippen molar-refractivity contribution in [1.29, 1.82) is 0 Å². The van der Waals surface area contributed by atoms with Crippen molar-refractivity contribution in [1.82, 2.24) is 5.32 Å². The molecule has 0 aliphatic heterocycles. The van der Waals surface area contributed by atoms with Crippen molar-refractivity contribution >= 4 is 11.6 Å². The molecule has 4 saturated carbocycles. The summed E-state index contributed by atoms with van der Waals surface area (Å²) in [6, 6.07) is 10.6. The number of methoxy groups -OCH3 is 1. The van der Waals surface area contributed by atoms with Gasteiger partial charge in [-0.25, -0.2) is 4.39 Å². The first-order valence-corrected chi connectivity index (χ1v) is 12.1. The van der Waals surface area contributed by atoms with Crippen LogP contribution < -0.4 is 14.8 Å². The summed E-state index contributed by atoms with van der Waals surface area (Å²) in [5, 5.41) is 4.34. The zero-order valence-electron chi connectivity index (χ0n) is 19.3. The molecule has 0 saturated heterocycles. The van der Waals surface area contributed by atoms with Crippen LogP contribution >= 0.6 is 11.6 Å². The normalized spacial score (nSPS) is 32.8. The highest BCUT2D eigenvalue weighted by Crippen LogP contribution is 2.66. The Labute approximate surface area is 195 Å². The van der Waals surface area contributed by atoms with Crippen molar-refractivity contribution in [3.63, 3.8) is 0 Å². The summed E-state index contributed by atoms with van der Waals surface area (Å²) >= 11 is 6.21. The number of rotatable bonds is 7. The second-order valence-corrected chi connectivity index (χ2v) is 11.6. The van der Waals surface area contributed by atoms with E-state index in [-0.39, 0.29) is 18.0 Å². The molecule has 172 valence electrons. The van der Waals surface area contributed by atoms with E-state index in [1.54, 1.807) is 19.2 Å². The second kappa shape index (κ2) is 7.92. The van der Waals surface area contributed by atoms with Gasteiger partial charge in [-0.05, 0) is 73.5 Å². The lowest BCUT2D eigenvalue weighted by molar-refractivity contribution is -0.118. The van der Waals surface area contributed by atoms with Crippen molar-refractivity contribution in [3.8, 4) is 11.5 Å². The molecule has 0 amide bonds. The number of ether oxygens (including phenoxy) is 2. The van der Waals surface area contributed by atoms with Crippen LogP contribution in [-0.2, 0) is 13.2 Å². The Balaban J connectivity index is 1.37. The van der Waals surface area contributed by atoms with E-state index in [4.69, 9.17) is 21.1 Å². The summed E-state index contributed by atoms with van der Waals surface area (Å²) in [7, 11) is 1.64. The van der Waals surface area contributed by atoms with E-state index in [1.807, 2.05) is 12.1 Å². The van der Waals surface area contributed by atoms with Crippen molar-refractivity contribution < 1.29 is 13.9 Å². The molecule has 4 aliphatic carbocycles. The molecule has 0 aromatic heterocycles. The van der Waals surface area contributed by atoms with E-state index in [0.29, 0.717) is 39.5 Å². The molecule has 5 heteroatoms. The monoisotopic (exact) mass is 457 g/mol. The van der Waals surface area contributed by atoms with Crippen LogP contribution in [0.15, 0.2) is 36.4 Å². The predicted molar refractivity (Wildman–Crippen MR) is 126 cm³/mol. The van der Waals surface area contributed by atoms with Crippen LogP contribution in [-0.4, -0.2) is 12.6 Å². The summed E-state index contributed by atoms with van der Waals surface area (Å²) in [6.07, 6.45) is 7.88. The van der Waals surface area contributed by atoms with E-state index in [2.05, 4.69) is 25.2 Å². The Morgan fingerprint density at radius 2 is 1.75 bits per heavy atom. The molecule has 2 aromatic carbocycles. The summed E-state index contributed by atoms with van der Waals surface area (Å²) in [6.45, 7) is 5.74. The van der Waals surface area contributed by atoms with E-state index in [0.717, 1.165) is 11.5 Å². The molecule has 3 nitrogen and oxygen atoms in total. The van der Waals surface area contributed by atoms with Crippen LogP contribution in [0.1, 0.15) is 63.5 Å². The van der Waals surface area contributed by atoms with Gasteiger partial charge in [0.1, 0.15) is 12.4 Å². The quantitative estimate of drug-likeness (QED) is 0.490. The van der Waals surface area contributed by atoms with Gasteiger partial charge in [-0.1, -0.05) is 43.6 Å². The molecule has 0 spiro atoms. The fourth-order valence-corrected chi connectivity index (χ4v) is 7.98. The van der Waals surface area contributed by atoms with E-state index in [9.17, 15) is 4.39 Å². The summed E-state index contributed by atoms with van der Waals surface area (Å²) in [4.78, 5) is 0. The Morgan fingerprint density at radius 1 is 1.03 bits per heavy atom. The average Bonchev–Trinajstić information content (AvgIpc) is 2.69. The van der Waals surface area contributed by atoms with Gasteiger partial charge in [0.05, 0.1) is 12.1 Å². The average molecular weight is 458 g/mol. The number of hydrogen-bond acceptors (Lipinski definition) is 3. The van der Waals surface area contributed by atoms with Gasteiger partial charge in [0.15, 0.2) is 11.5 Å². The number of nitrogens with one attached hydrogen (secondary N) is 1. The van der Waals surface area contributed by atoms with E-state index >= 15 is 0 Å². The Morgan fingerprint density at radius 3 is 2.41 bits per heavy atom. The summed E-state index contributed by atoms with van der Waals surface area (Å²) < 4.78 is 26.0. The van der Waals surface area contributed by atoms with Crippen LogP contribution in [0.5, 0.6) is 11.5 Å². The third-order valence-electron chi connectivity index (χ3n) is 7.98. The minimum atomic E-state index is -0.359. The number of para-hydroxylation sites is 1. The maximum atomic E-state index is 14.3. The van der Waals surface area contributed by atoms with E-state index < -0.39 is 0 Å². The van der Waals surface area contributed by atoms with Gasteiger partial charge < -0.3 is 14.8 Å². The van der Waals surface area contributed by atoms with Crippen LogP contribution in [0.2, 0.25) is 5.02 Å². The fraction of sp³-hybridized carbons (Fsp3) is 0.556. The first-order valence-electron chi connectivity index (χ1n) is 11.7. The molecule has 4 atom stereocenters. The second-order valence-electron chi connectivity index (χ2n) is 11.2. The third kappa shape index (κ3) is 4.01. The molecule has 6 rings (SSSR count). The van der Waals surface area contributed by atoms with Gasteiger partial charge in [-0.2, -0.15) is 0 Å². The maximum Gasteiger partial charge on any atom is 0.166 e. The topological polar surface area (TPSA) is 30.5 Å². The highest BCUT2D eigenvalue weighted by molar-refractivity contribution is 6.31. The number of benzene rings is 2. The molecule has 0 heterocycles. The van der Waals surface area contributed by atoms with Crippen molar-refractivity contribution in [2.75, 3.05) is 7.11 Å². The third-order valence-corrected chi connectivity index (χ3v) is 8.34. The summed E-state index contributed by atoms with van der Waals surface area (Å²) in [5.74, 6) is 1.78. The fourth-order valence-electron chi connectivity index (χ4n) is 7.77. The highest BCUT2D eigenvalue weighted by Gasteiger charge is 2.59. The molecular formula is C27H33ClFNO2. The van der Waals surface area contributed by atoms with Gasteiger partial charge in [0.25, 0.3) is 0 Å². The molecule has 32 heavy (non-hydrogen) atoms. The molecule has 1 N–H and O–H groups in total. The number of hydrogen-bond donors (Lipinski definition) is 1. The molecule has 2 aromatic rings. The molecule has 0 radical (unpaired) electrons. The largest absolute Gasteiger partial charge is 0.493 e. The van der Waals surface area contributed by atoms with Crippen LogP contribution in [0, 0.1) is 22.6 Å². The lowest BCUT2D eigenvalue weighted by Crippen LogP contribution is -2.63. The molecule has 2 unspecified atom stereocenters. The van der Waals surface area contributed by atoms with Gasteiger partial charge >= 0.3 is 0 Å². The SMILES string of the molecule is COc1cccc(CNC23CC4C[C@@](C)(C2)C[C@](C)(C4)C3)c1OCc1c(F)cccc1Cl. The van der Waals surface area contributed by atoms with E-state index in [1.165, 1.54) is 44.6 Å². The zero-order chi connectivity index (χ0) is 22.6. The molecule has 4 bridgehead atoms. The Bertz CT molecular complexity index is 986. The van der Waals surface area contributed by atoms with Crippen LogP contribution in [0.25, 0.3) is 0 Å². The lowest BCUT2D eigenvalue weighted by Gasteiger charge is -2.65. The standard InChI is InChI=1S/C27H33ClFNO2/c1-25-10-18-11-26(2,15-25)17-27(12-18,16-25)30-13-19-6-4-9-23(31-3)24(19)32-14-20-21(28)7-5-8-22(20)29/h4-9,18,30H,10-17H2,1-3H3/t18?,25-,26+,27?. The minimum absolute atomic E-state index is 0.0578. The van der Waals surface area contributed by atoms with Crippen molar-refractivity contribution in [2.24, 2.45) is 16.7 Å². The first-order chi connectivity index (χ1) is 15.2. The Hall–Kier alpha value is -1.78. The molecule has 4 fully saturated rings. The highest BCUT2D eigenvalue weighted by atomic mass is 35.5. The lowest BCUT2D eigenvalue weighted by atomic mass is 9.43. The van der Waals surface area contributed by atoms with Gasteiger partial charge in [0, 0.05) is 23.2 Å². The molecular weight excluding hydrogens is 425 g/mol. The smallest absolute Gasteiger partial charge is 0.166 e. The summed E-state index contributed by atoms with van der Waals surface area (Å²) in [5.41, 5.74) is 2.49. The number of halogens is 2. The van der Waals surface area contributed by atoms with Crippen molar-refractivity contribution in [3.05, 3.63) is 58.4 Å². The predicted octanol–water partition coefficient (Wildman–Crippen LogP) is 6.91. The Kier molecular flexibility index (Phi) is 5.45. The van der Waals surface area contributed by atoms with Crippen molar-refractivity contribution in [2.45, 2.75) is 71.1 Å². The molecule has 4 aliphatic rings. The minimum Gasteiger partial charge on any atom is -0.493 e.